The highest BCUT2D eigenvalue weighted by molar-refractivity contribution is 8.18. The lowest BCUT2D eigenvalue weighted by molar-refractivity contribution is -0.150. The zero-order valence-electron chi connectivity index (χ0n) is 21.2. The summed E-state index contributed by atoms with van der Waals surface area (Å²) < 4.78 is 16.5. The summed E-state index contributed by atoms with van der Waals surface area (Å²) in [5.41, 5.74) is 2.29. The van der Waals surface area contributed by atoms with Gasteiger partial charge in [-0.05, 0) is 80.4 Å². The minimum Gasteiger partial charge on any atom is -0.490 e. The number of anilines is 1. The number of carbonyl (C=O) groups is 4. The summed E-state index contributed by atoms with van der Waals surface area (Å²) in [6.45, 7) is 7.05. The zero-order chi connectivity index (χ0) is 26.9. The van der Waals surface area contributed by atoms with E-state index in [1.54, 1.807) is 37.3 Å². The van der Waals surface area contributed by atoms with Crippen molar-refractivity contribution in [3.05, 3.63) is 58.5 Å². The molecular weight excluding hydrogens is 496 g/mol. The Morgan fingerprint density at radius 1 is 1.08 bits per heavy atom. The number of nitrogens with zero attached hydrogens (tertiary/aromatic N) is 1. The number of hydrogen-bond donors (Lipinski definition) is 1. The van der Waals surface area contributed by atoms with Crippen LogP contribution in [-0.4, -0.2) is 53.8 Å². The van der Waals surface area contributed by atoms with E-state index in [0.717, 1.165) is 22.2 Å². The molecule has 1 aliphatic rings. The molecule has 0 spiro atoms. The smallest absolute Gasteiger partial charge is 0.326 e. The molecule has 10 heteroatoms. The van der Waals surface area contributed by atoms with Gasteiger partial charge in [-0.3, -0.25) is 24.1 Å². The number of ether oxygens (including phenoxy) is 3. The number of amides is 3. The number of esters is 1. The van der Waals surface area contributed by atoms with Gasteiger partial charge >= 0.3 is 5.97 Å². The van der Waals surface area contributed by atoms with E-state index >= 15 is 0 Å². The van der Waals surface area contributed by atoms with Gasteiger partial charge in [0.2, 0.25) is 0 Å². The molecule has 1 N–H and O–H groups in total. The van der Waals surface area contributed by atoms with E-state index in [4.69, 9.17) is 14.2 Å². The normalized spacial score (nSPS) is 15.0. The van der Waals surface area contributed by atoms with Crippen LogP contribution >= 0.6 is 11.8 Å². The van der Waals surface area contributed by atoms with Crippen molar-refractivity contribution in [2.45, 2.75) is 40.2 Å². The molecule has 1 heterocycles. The Morgan fingerprint density at radius 3 is 2.57 bits per heavy atom. The van der Waals surface area contributed by atoms with Gasteiger partial charge in [0.1, 0.15) is 6.54 Å². The predicted molar refractivity (Wildman–Crippen MR) is 141 cm³/mol. The standard InChI is InChI=1S/C27H30N2O7S/c1-5-18(4)36-25(31)15-29-26(32)23(37-27(29)33)14-19-10-11-21(22(13-19)34-6-2)35-16-24(30)28-20-9-7-8-17(3)12-20/h7-14,18H,5-6,15-16H2,1-4H3,(H,28,30)/b23-14+/t18-/m0/s1. The van der Waals surface area contributed by atoms with Crippen LogP contribution in [0.1, 0.15) is 38.3 Å². The second kappa shape index (κ2) is 13.0. The second-order valence-corrected chi connectivity index (χ2v) is 9.32. The number of rotatable bonds is 11. The van der Waals surface area contributed by atoms with E-state index < -0.39 is 23.7 Å². The number of hydrogen-bond acceptors (Lipinski definition) is 8. The molecule has 196 valence electrons. The van der Waals surface area contributed by atoms with Crippen LogP contribution in [0.4, 0.5) is 10.5 Å². The first-order valence-corrected chi connectivity index (χ1v) is 12.7. The number of benzene rings is 2. The van der Waals surface area contributed by atoms with Gasteiger partial charge in [-0.15, -0.1) is 0 Å². The molecule has 1 saturated heterocycles. The Bertz CT molecular complexity index is 1210. The van der Waals surface area contributed by atoms with E-state index in [1.165, 1.54) is 0 Å². The van der Waals surface area contributed by atoms with Gasteiger partial charge in [0, 0.05) is 5.69 Å². The topological polar surface area (TPSA) is 111 Å². The van der Waals surface area contributed by atoms with E-state index in [9.17, 15) is 19.2 Å². The number of imide groups is 1. The van der Waals surface area contributed by atoms with Crippen molar-refractivity contribution in [1.29, 1.82) is 0 Å². The van der Waals surface area contributed by atoms with Crippen molar-refractivity contribution >= 4 is 46.5 Å². The van der Waals surface area contributed by atoms with Crippen molar-refractivity contribution in [3.8, 4) is 11.5 Å². The molecular formula is C27H30N2O7S. The van der Waals surface area contributed by atoms with Crippen LogP contribution in [0.3, 0.4) is 0 Å². The van der Waals surface area contributed by atoms with Gasteiger partial charge < -0.3 is 19.5 Å². The Balaban J connectivity index is 1.67. The van der Waals surface area contributed by atoms with Crippen LogP contribution in [0.2, 0.25) is 0 Å². The second-order valence-electron chi connectivity index (χ2n) is 8.32. The van der Waals surface area contributed by atoms with E-state index in [0.29, 0.717) is 35.8 Å². The zero-order valence-corrected chi connectivity index (χ0v) is 22.1. The predicted octanol–water partition coefficient (Wildman–Crippen LogP) is 4.79. The Labute approximate surface area is 220 Å². The molecule has 0 saturated carbocycles. The van der Waals surface area contributed by atoms with Crippen molar-refractivity contribution in [3.63, 3.8) is 0 Å². The molecule has 1 fully saturated rings. The monoisotopic (exact) mass is 526 g/mol. The molecule has 2 aromatic carbocycles. The molecule has 0 unspecified atom stereocenters. The molecule has 2 aromatic rings. The maximum absolute atomic E-state index is 12.7. The molecule has 3 amide bonds. The summed E-state index contributed by atoms with van der Waals surface area (Å²) in [4.78, 5) is 50.5. The fourth-order valence-corrected chi connectivity index (χ4v) is 4.17. The quantitative estimate of drug-likeness (QED) is 0.329. The van der Waals surface area contributed by atoms with Gasteiger partial charge in [0.25, 0.3) is 17.1 Å². The van der Waals surface area contributed by atoms with Crippen molar-refractivity contribution < 1.29 is 33.4 Å². The van der Waals surface area contributed by atoms with Crippen LogP contribution in [0, 0.1) is 6.92 Å². The van der Waals surface area contributed by atoms with E-state index in [1.807, 2.05) is 39.0 Å². The van der Waals surface area contributed by atoms with Crippen LogP contribution in [0.25, 0.3) is 6.08 Å². The Hall–Kier alpha value is -3.79. The van der Waals surface area contributed by atoms with Crippen molar-refractivity contribution in [1.82, 2.24) is 4.90 Å². The molecule has 0 aliphatic carbocycles. The number of aryl methyl sites for hydroxylation is 1. The van der Waals surface area contributed by atoms with E-state index in [2.05, 4.69) is 5.32 Å². The Kier molecular flexibility index (Phi) is 9.73. The van der Waals surface area contributed by atoms with Gasteiger partial charge in [0.05, 0.1) is 17.6 Å². The first kappa shape index (κ1) is 27.8. The molecule has 0 bridgehead atoms. The minimum atomic E-state index is -0.635. The molecule has 0 aromatic heterocycles. The summed E-state index contributed by atoms with van der Waals surface area (Å²) >= 11 is 0.748. The third-order valence-electron chi connectivity index (χ3n) is 5.29. The SMILES string of the molecule is CCOc1cc(/C=C2/SC(=O)N(CC(=O)O[C@@H](C)CC)C2=O)ccc1OCC(=O)Nc1cccc(C)c1. The highest BCUT2D eigenvalue weighted by Gasteiger charge is 2.36. The third-order valence-corrected chi connectivity index (χ3v) is 6.20. The lowest BCUT2D eigenvalue weighted by atomic mass is 10.2. The van der Waals surface area contributed by atoms with Gasteiger partial charge in [-0.2, -0.15) is 0 Å². The maximum atomic E-state index is 12.7. The number of nitrogens with one attached hydrogen (secondary N) is 1. The summed E-state index contributed by atoms with van der Waals surface area (Å²) in [5, 5.41) is 2.24. The van der Waals surface area contributed by atoms with Crippen molar-refractivity contribution in [2.75, 3.05) is 25.1 Å². The highest BCUT2D eigenvalue weighted by Crippen LogP contribution is 2.34. The lowest BCUT2D eigenvalue weighted by Gasteiger charge is -2.15. The van der Waals surface area contributed by atoms with Crippen LogP contribution in [0.5, 0.6) is 11.5 Å². The highest BCUT2D eigenvalue weighted by atomic mass is 32.2. The van der Waals surface area contributed by atoms with E-state index in [-0.39, 0.29) is 23.5 Å². The summed E-state index contributed by atoms with van der Waals surface area (Å²) in [7, 11) is 0. The molecule has 3 rings (SSSR count). The minimum absolute atomic E-state index is 0.176. The van der Waals surface area contributed by atoms with Crippen molar-refractivity contribution in [2.24, 2.45) is 0 Å². The molecule has 0 radical (unpaired) electrons. The summed E-state index contributed by atoms with van der Waals surface area (Å²) in [6, 6.07) is 12.4. The summed E-state index contributed by atoms with van der Waals surface area (Å²) in [6.07, 6.45) is 1.88. The molecule has 37 heavy (non-hydrogen) atoms. The fourth-order valence-electron chi connectivity index (χ4n) is 3.33. The largest absolute Gasteiger partial charge is 0.490 e. The number of thioether (sulfide) groups is 1. The maximum Gasteiger partial charge on any atom is 0.326 e. The average molecular weight is 527 g/mol. The lowest BCUT2D eigenvalue weighted by Crippen LogP contribution is -2.35. The first-order chi connectivity index (χ1) is 17.7. The summed E-state index contributed by atoms with van der Waals surface area (Å²) in [5.74, 6) is -0.778. The first-order valence-electron chi connectivity index (χ1n) is 11.9. The third kappa shape index (κ3) is 7.85. The number of carbonyl (C=O) groups excluding carboxylic acids is 4. The Morgan fingerprint density at radius 2 is 1.86 bits per heavy atom. The van der Waals surface area contributed by atoms with Crippen LogP contribution in [0.15, 0.2) is 47.4 Å². The van der Waals surface area contributed by atoms with Gasteiger partial charge in [-0.1, -0.05) is 25.1 Å². The average Bonchev–Trinajstić information content (AvgIpc) is 3.10. The van der Waals surface area contributed by atoms with Gasteiger partial charge in [-0.25, -0.2) is 0 Å². The fraction of sp³-hybridized carbons (Fsp3) is 0.333. The van der Waals surface area contributed by atoms with Crippen LogP contribution in [-0.2, 0) is 19.1 Å². The van der Waals surface area contributed by atoms with Crippen LogP contribution < -0.4 is 14.8 Å². The molecule has 9 nitrogen and oxygen atoms in total. The molecule has 1 atom stereocenters. The molecule has 1 aliphatic heterocycles. The van der Waals surface area contributed by atoms with Gasteiger partial charge in [0.15, 0.2) is 18.1 Å².